The number of hydrogen-bond acceptors (Lipinski definition) is 2. The van der Waals surface area contributed by atoms with Crippen LogP contribution in [0.25, 0.3) is 0 Å². The molecule has 2 N–H and O–H groups in total. The highest BCUT2D eigenvalue weighted by molar-refractivity contribution is 6.30. The molecule has 5 heteroatoms. The third kappa shape index (κ3) is 3.44. The fourth-order valence-electron chi connectivity index (χ4n) is 2.79. The second-order valence-electron chi connectivity index (χ2n) is 5.79. The molecule has 0 spiro atoms. The first-order valence-corrected chi connectivity index (χ1v) is 7.87. The molecule has 0 saturated heterocycles. The second-order valence-corrected chi connectivity index (χ2v) is 6.23. The zero-order chi connectivity index (χ0) is 16.3. The van der Waals surface area contributed by atoms with E-state index < -0.39 is 5.60 Å². The van der Waals surface area contributed by atoms with Crippen molar-refractivity contribution in [1.29, 1.82) is 0 Å². The van der Waals surface area contributed by atoms with Gasteiger partial charge in [0.25, 0.3) is 0 Å². The van der Waals surface area contributed by atoms with Crippen molar-refractivity contribution >= 4 is 11.6 Å². The van der Waals surface area contributed by atoms with Crippen LogP contribution < -0.4 is 4.68 Å². The summed E-state index contributed by atoms with van der Waals surface area (Å²) in [5.41, 5.74) is 0.900. The van der Waals surface area contributed by atoms with E-state index in [-0.39, 0.29) is 6.04 Å². The first kappa shape index (κ1) is 15.7. The van der Waals surface area contributed by atoms with Gasteiger partial charge in [0, 0.05) is 11.4 Å². The van der Waals surface area contributed by atoms with Crippen LogP contribution in [0.15, 0.2) is 67.3 Å². The Morgan fingerprint density at radius 1 is 1.17 bits per heavy atom. The number of halogens is 1. The highest BCUT2D eigenvalue weighted by Crippen LogP contribution is 2.32. The molecule has 0 radical (unpaired) electrons. The third-order valence-corrected chi connectivity index (χ3v) is 4.41. The summed E-state index contributed by atoms with van der Waals surface area (Å²) in [6.07, 6.45) is 3.94. The maximum Gasteiger partial charge on any atom is 0.307 e. The SMILES string of the molecule is C[C@@](O)(c1ccccc1)[C@H](Cc1ccc(Cl)cc1)[n+]1cnc[nH]1. The van der Waals surface area contributed by atoms with Crippen LogP contribution in [0.1, 0.15) is 24.1 Å². The van der Waals surface area contributed by atoms with E-state index in [1.54, 1.807) is 12.7 Å². The van der Waals surface area contributed by atoms with Gasteiger partial charge in [0.15, 0.2) is 6.04 Å². The van der Waals surface area contributed by atoms with E-state index in [0.717, 1.165) is 11.1 Å². The fourth-order valence-corrected chi connectivity index (χ4v) is 2.91. The Hall–Kier alpha value is -2.17. The number of hydrogen-bond donors (Lipinski definition) is 2. The van der Waals surface area contributed by atoms with Gasteiger partial charge in [0.2, 0.25) is 6.33 Å². The van der Waals surface area contributed by atoms with E-state index in [0.29, 0.717) is 11.4 Å². The number of benzene rings is 2. The summed E-state index contributed by atoms with van der Waals surface area (Å²) >= 11 is 5.96. The molecular formula is C18H19ClN3O+. The van der Waals surface area contributed by atoms with E-state index in [4.69, 9.17) is 11.6 Å². The van der Waals surface area contributed by atoms with E-state index in [9.17, 15) is 5.11 Å². The van der Waals surface area contributed by atoms with Crippen LogP contribution >= 0.6 is 11.6 Å². The maximum absolute atomic E-state index is 11.2. The quantitative estimate of drug-likeness (QED) is 0.707. The molecule has 0 aliphatic heterocycles. The summed E-state index contributed by atoms with van der Waals surface area (Å²) in [5, 5.41) is 15.0. The smallest absolute Gasteiger partial charge is 0.307 e. The number of aromatic amines is 1. The van der Waals surface area contributed by atoms with Crippen molar-refractivity contribution in [3.63, 3.8) is 0 Å². The minimum atomic E-state index is -1.06. The molecule has 0 fully saturated rings. The van der Waals surface area contributed by atoms with Crippen LogP contribution in [0.4, 0.5) is 0 Å². The maximum atomic E-state index is 11.2. The van der Waals surface area contributed by atoms with Gasteiger partial charge < -0.3 is 5.11 Å². The first-order valence-electron chi connectivity index (χ1n) is 7.49. The van der Waals surface area contributed by atoms with E-state index in [1.165, 1.54) is 0 Å². The van der Waals surface area contributed by atoms with Crippen molar-refractivity contribution in [3.8, 4) is 0 Å². The molecule has 0 aliphatic rings. The zero-order valence-corrected chi connectivity index (χ0v) is 13.6. The van der Waals surface area contributed by atoms with Gasteiger partial charge in [-0.25, -0.2) is 0 Å². The summed E-state index contributed by atoms with van der Waals surface area (Å²) in [7, 11) is 0. The summed E-state index contributed by atoms with van der Waals surface area (Å²) < 4.78 is 1.83. The minimum Gasteiger partial charge on any atom is -0.381 e. The molecule has 0 unspecified atom stereocenters. The Bertz CT molecular complexity index is 740. The van der Waals surface area contributed by atoms with Gasteiger partial charge in [-0.1, -0.05) is 54.1 Å². The van der Waals surface area contributed by atoms with Crippen molar-refractivity contribution in [3.05, 3.63) is 83.4 Å². The monoisotopic (exact) mass is 328 g/mol. The number of nitrogens with zero attached hydrogens (tertiary/aromatic N) is 2. The molecule has 0 saturated carbocycles. The Morgan fingerprint density at radius 2 is 1.87 bits per heavy atom. The third-order valence-electron chi connectivity index (χ3n) is 4.16. The topological polar surface area (TPSA) is 52.8 Å². The molecule has 23 heavy (non-hydrogen) atoms. The number of aromatic nitrogens is 3. The molecule has 4 nitrogen and oxygen atoms in total. The van der Waals surface area contributed by atoms with Crippen LogP contribution in [0, 0.1) is 0 Å². The lowest BCUT2D eigenvalue weighted by Gasteiger charge is -2.30. The van der Waals surface area contributed by atoms with Crippen molar-refractivity contribution in [2.45, 2.75) is 25.0 Å². The van der Waals surface area contributed by atoms with Crippen molar-refractivity contribution in [2.75, 3.05) is 0 Å². The van der Waals surface area contributed by atoms with Gasteiger partial charge >= 0.3 is 6.33 Å². The average Bonchev–Trinajstić information content (AvgIpc) is 3.09. The van der Waals surface area contributed by atoms with Gasteiger partial charge in [-0.15, -0.1) is 0 Å². The summed E-state index contributed by atoms with van der Waals surface area (Å²) in [6.45, 7) is 1.83. The predicted molar refractivity (Wildman–Crippen MR) is 89.0 cm³/mol. The number of rotatable bonds is 5. The zero-order valence-electron chi connectivity index (χ0n) is 12.9. The molecule has 3 aromatic rings. The van der Waals surface area contributed by atoms with Crippen LogP contribution in [-0.2, 0) is 12.0 Å². The van der Waals surface area contributed by atoms with Gasteiger partial charge in [0.1, 0.15) is 5.60 Å². The predicted octanol–water partition coefficient (Wildman–Crippen LogP) is 3.04. The normalized spacial score (nSPS) is 15.1. The molecule has 2 atom stereocenters. The molecule has 1 aromatic heterocycles. The molecule has 3 rings (SSSR count). The van der Waals surface area contributed by atoms with Gasteiger partial charge in [-0.2, -0.15) is 9.78 Å². The number of nitrogens with one attached hydrogen (secondary N) is 1. The lowest BCUT2D eigenvalue weighted by Crippen LogP contribution is -2.52. The summed E-state index contributed by atoms with van der Waals surface area (Å²) in [5.74, 6) is 0. The molecule has 0 amide bonds. The Morgan fingerprint density at radius 3 is 2.48 bits per heavy atom. The lowest BCUT2D eigenvalue weighted by molar-refractivity contribution is -0.788. The fraction of sp³-hybridized carbons (Fsp3) is 0.222. The van der Waals surface area contributed by atoms with Crippen LogP contribution in [-0.4, -0.2) is 15.2 Å². The Kier molecular flexibility index (Phi) is 4.46. The van der Waals surface area contributed by atoms with Gasteiger partial charge in [0.05, 0.1) is 0 Å². The van der Waals surface area contributed by atoms with Crippen LogP contribution in [0.2, 0.25) is 5.02 Å². The molecule has 0 bridgehead atoms. The van der Waals surface area contributed by atoms with Crippen molar-refractivity contribution < 1.29 is 9.79 Å². The van der Waals surface area contributed by atoms with Crippen LogP contribution in [0.3, 0.4) is 0 Å². The van der Waals surface area contributed by atoms with Gasteiger partial charge in [-0.3, -0.25) is 0 Å². The number of aliphatic hydroxyl groups is 1. The first-order chi connectivity index (χ1) is 11.1. The largest absolute Gasteiger partial charge is 0.381 e. The molecule has 2 aromatic carbocycles. The average molecular weight is 329 g/mol. The van der Waals surface area contributed by atoms with Crippen LogP contribution in [0.5, 0.6) is 0 Å². The second kappa shape index (κ2) is 6.52. The molecule has 118 valence electrons. The standard InChI is InChI=1S/C18H18ClN3O/c1-18(23,15-5-3-2-4-6-15)17(22-13-20-12-21-22)11-14-7-9-16(19)10-8-14/h2-10,12-13,17,23H,11H2,1H3/p+1/t17-,18+/m0/s1. The molecule has 1 heterocycles. The van der Waals surface area contributed by atoms with E-state index in [2.05, 4.69) is 10.1 Å². The van der Waals surface area contributed by atoms with E-state index in [1.807, 2.05) is 66.2 Å². The summed E-state index contributed by atoms with van der Waals surface area (Å²) in [4.78, 5) is 4.08. The number of H-pyrrole nitrogens is 1. The molecule has 0 aliphatic carbocycles. The highest BCUT2D eigenvalue weighted by atomic mass is 35.5. The van der Waals surface area contributed by atoms with Gasteiger partial charge in [-0.05, 0) is 35.2 Å². The Labute approximate surface area is 140 Å². The minimum absolute atomic E-state index is 0.228. The molecular weight excluding hydrogens is 310 g/mol. The van der Waals surface area contributed by atoms with Crippen molar-refractivity contribution in [1.82, 2.24) is 10.1 Å². The Balaban J connectivity index is 1.97. The van der Waals surface area contributed by atoms with E-state index >= 15 is 0 Å². The van der Waals surface area contributed by atoms with Crippen molar-refractivity contribution in [2.24, 2.45) is 0 Å². The summed E-state index contributed by atoms with van der Waals surface area (Å²) in [6, 6.07) is 17.1. The lowest BCUT2D eigenvalue weighted by atomic mass is 9.85. The highest BCUT2D eigenvalue weighted by Gasteiger charge is 2.39.